The van der Waals surface area contributed by atoms with Gasteiger partial charge in [0.25, 0.3) is 0 Å². The summed E-state index contributed by atoms with van der Waals surface area (Å²) < 4.78 is 4.74. The summed E-state index contributed by atoms with van der Waals surface area (Å²) in [6, 6.07) is 5.36. The number of nitrogens with zero attached hydrogens (tertiary/aromatic N) is 1. The fourth-order valence-electron chi connectivity index (χ4n) is 0.951. The molecule has 0 aliphatic carbocycles. The molecule has 11 heavy (non-hydrogen) atoms. The number of halogens is 1. The molecule has 0 aliphatic rings. The van der Waals surface area contributed by atoms with Gasteiger partial charge >= 0.3 is 0 Å². The van der Waals surface area contributed by atoms with Crippen LogP contribution < -0.4 is 5.73 Å². The van der Waals surface area contributed by atoms with E-state index in [2.05, 4.69) is 5.16 Å². The normalized spacial score (nSPS) is 10.6. The summed E-state index contributed by atoms with van der Waals surface area (Å²) in [5.41, 5.74) is 6.07. The molecule has 0 saturated heterocycles. The first-order valence-corrected chi connectivity index (χ1v) is 3.46. The van der Waals surface area contributed by atoms with E-state index in [4.69, 9.17) is 21.9 Å². The van der Waals surface area contributed by atoms with Crippen LogP contribution in [0.2, 0.25) is 5.02 Å². The monoisotopic (exact) mass is 168 g/mol. The lowest BCUT2D eigenvalue weighted by Gasteiger charge is -1.87. The lowest BCUT2D eigenvalue weighted by atomic mass is 10.2. The van der Waals surface area contributed by atoms with Crippen LogP contribution in [0.15, 0.2) is 22.7 Å². The summed E-state index contributed by atoms with van der Waals surface area (Å²) in [6.07, 6.45) is 0. The zero-order chi connectivity index (χ0) is 7.84. The number of benzene rings is 1. The third kappa shape index (κ3) is 0.851. The quantitative estimate of drug-likeness (QED) is 0.655. The van der Waals surface area contributed by atoms with Gasteiger partial charge < -0.3 is 10.3 Å². The smallest absolute Gasteiger partial charge is 0.230 e. The van der Waals surface area contributed by atoms with Crippen molar-refractivity contribution in [2.45, 2.75) is 0 Å². The Morgan fingerprint density at radius 1 is 1.45 bits per heavy atom. The van der Waals surface area contributed by atoms with Gasteiger partial charge in [0.2, 0.25) is 5.88 Å². The Labute approximate surface area is 67.7 Å². The van der Waals surface area contributed by atoms with Crippen molar-refractivity contribution < 1.29 is 4.52 Å². The molecule has 0 aliphatic heterocycles. The maximum absolute atomic E-state index is 5.79. The van der Waals surface area contributed by atoms with Gasteiger partial charge in [0.1, 0.15) is 5.52 Å². The van der Waals surface area contributed by atoms with Crippen molar-refractivity contribution in [2.75, 3.05) is 5.73 Å². The predicted octanol–water partition coefficient (Wildman–Crippen LogP) is 2.06. The van der Waals surface area contributed by atoms with E-state index in [0.29, 0.717) is 16.4 Å². The molecule has 0 spiro atoms. The molecule has 4 heteroatoms. The van der Waals surface area contributed by atoms with Crippen molar-refractivity contribution in [2.24, 2.45) is 0 Å². The van der Waals surface area contributed by atoms with Crippen molar-refractivity contribution in [3.63, 3.8) is 0 Å². The molecule has 0 atom stereocenters. The highest BCUT2D eigenvalue weighted by Crippen LogP contribution is 2.25. The van der Waals surface area contributed by atoms with Crippen LogP contribution in [-0.4, -0.2) is 5.16 Å². The molecule has 56 valence electrons. The van der Waals surface area contributed by atoms with Crippen LogP contribution in [0.1, 0.15) is 0 Å². The van der Waals surface area contributed by atoms with E-state index in [1.54, 1.807) is 12.1 Å². The molecule has 2 rings (SSSR count). The van der Waals surface area contributed by atoms with Gasteiger partial charge in [-0.2, -0.15) is 0 Å². The number of fused-ring (bicyclic) bond motifs is 1. The van der Waals surface area contributed by atoms with E-state index in [1.165, 1.54) is 0 Å². The minimum atomic E-state index is 0.308. The van der Waals surface area contributed by atoms with Crippen molar-refractivity contribution >= 4 is 28.4 Å². The number of anilines is 1. The maximum atomic E-state index is 5.79. The summed E-state index contributed by atoms with van der Waals surface area (Å²) >= 11 is 5.79. The van der Waals surface area contributed by atoms with Crippen molar-refractivity contribution in [3.8, 4) is 0 Å². The fourth-order valence-corrected chi connectivity index (χ4v) is 1.16. The van der Waals surface area contributed by atoms with Gasteiger partial charge in [0, 0.05) is 0 Å². The first kappa shape index (κ1) is 6.49. The average Bonchev–Trinajstić information content (AvgIpc) is 2.35. The van der Waals surface area contributed by atoms with E-state index < -0.39 is 0 Å². The highest BCUT2D eigenvalue weighted by Gasteiger charge is 2.06. The fraction of sp³-hybridized carbons (Fsp3) is 0. The van der Waals surface area contributed by atoms with Crippen LogP contribution >= 0.6 is 11.6 Å². The third-order valence-corrected chi connectivity index (χ3v) is 1.79. The lowest BCUT2D eigenvalue weighted by Crippen LogP contribution is -1.79. The first-order chi connectivity index (χ1) is 5.29. The van der Waals surface area contributed by atoms with Crippen LogP contribution in [0.5, 0.6) is 0 Å². The van der Waals surface area contributed by atoms with Crippen molar-refractivity contribution in [1.82, 2.24) is 5.16 Å². The van der Waals surface area contributed by atoms with E-state index in [9.17, 15) is 0 Å². The second kappa shape index (κ2) is 2.13. The standard InChI is InChI=1S/C7H5ClN2O/c8-5-3-1-2-4-6(5)10-11-7(4)9/h1-3H,9H2. The Morgan fingerprint density at radius 2 is 2.27 bits per heavy atom. The number of nitrogen functional groups attached to an aromatic ring is 1. The van der Waals surface area contributed by atoms with Gasteiger partial charge in [0.05, 0.1) is 10.4 Å². The van der Waals surface area contributed by atoms with Crippen LogP contribution in [0.3, 0.4) is 0 Å². The largest absolute Gasteiger partial charge is 0.367 e. The molecule has 0 bridgehead atoms. The predicted molar refractivity (Wildman–Crippen MR) is 43.4 cm³/mol. The number of hydrogen-bond acceptors (Lipinski definition) is 3. The number of aromatic nitrogens is 1. The summed E-state index contributed by atoms with van der Waals surface area (Å²) in [6.45, 7) is 0. The zero-order valence-corrected chi connectivity index (χ0v) is 6.30. The maximum Gasteiger partial charge on any atom is 0.230 e. The Bertz CT molecular complexity index is 396. The SMILES string of the molecule is Nc1onc2c(Cl)cccc12. The molecular weight excluding hydrogens is 164 g/mol. The third-order valence-electron chi connectivity index (χ3n) is 1.49. The number of rotatable bonds is 0. The molecule has 2 N–H and O–H groups in total. The molecule has 0 unspecified atom stereocenters. The van der Waals surface area contributed by atoms with Crippen LogP contribution in [0, 0.1) is 0 Å². The minimum Gasteiger partial charge on any atom is -0.367 e. The molecule has 1 aromatic heterocycles. The molecule has 0 saturated carbocycles. The Kier molecular flexibility index (Phi) is 1.26. The summed E-state index contributed by atoms with van der Waals surface area (Å²) in [5.74, 6) is 0.308. The summed E-state index contributed by atoms with van der Waals surface area (Å²) in [5, 5.41) is 5.01. The molecule has 0 radical (unpaired) electrons. The van der Waals surface area contributed by atoms with Gasteiger partial charge in [-0.25, -0.2) is 0 Å². The van der Waals surface area contributed by atoms with Gasteiger partial charge in [-0.15, -0.1) is 0 Å². The Balaban J connectivity index is 2.94. The Morgan fingerprint density at radius 3 is 3.00 bits per heavy atom. The lowest BCUT2D eigenvalue weighted by molar-refractivity contribution is 0.445. The van der Waals surface area contributed by atoms with Crippen molar-refractivity contribution in [1.29, 1.82) is 0 Å². The van der Waals surface area contributed by atoms with Crippen LogP contribution in [0.4, 0.5) is 5.88 Å². The second-order valence-electron chi connectivity index (χ2n) is 2.18. The Hall–Kier alpha value is -1.22. The van der Waals surface area contributed by atoms with Crippen LogP contribution in [-0.2, 0) is 0 Å². The molecule has 2 aromatic rings. The topological polar surface area (TPSA) is 52.0 Å². The molecule has 1 heterocycles. The average molecular weight is 169 g/mol. The zero-order valence-electron chi connectivity index (χ0n) is 5.54. The van der Waals surface area contributed by atoms with E-state index in [-0.39, 0.29) is 0 Å². The van der Waals surface area contributed by atoms with Crippen LogP contribution in [0.25, 0.3) is 10.9 Å². The molecule has 3 nitrogen and oxygen atoms in total. The van der Waals surface area contributed by atoms with Gasteiger partial charge in [-0.3, -0.25) is 0 Å². The first-order valence-electron chi connectivity index (χ1n) is 3.08. The highest BCUT2D eigenvalue weighted by molar-refractivity contribution is 6.35. The van der Waals surface area contributed by atoms with E-state index in [1.807, 2.05) is 6.07 Å². The summed E-state index contributed by atoms with van der Waals surface area (Å²) in [4.78, 5) is 0. The van der Waals surface area contributed by atoms with Crippen molar-refractivity contribution in [3.05, 3.63) is 23.2 Å². The molecule has 1 aromatic carbocycles. The van der Waals surface area contributed by atoms with Gasteiger partial charge in [-0.1, -0.05) is 22.8 Å². The van der Waals surface area contributed by atoms with Gasteiger partial charge in [0.15, 0.2) is 0 Å². The minimum absolute atomic E-state index is 0.308. The number of nitrogens with two attached hydrogens (primary N) is 1. The van der Waals surface area contributed by atoms with Gasteiger partial charge in [-0.05, 0) is 12.1 Å². The van der Waals surface area contributed by atoms with E-state index >= 15 is 0 Å². The highest BCUT2D eigenvalue weighted by atomic mass is 35.5. The number of hydrogen-bond donors (Lipinski definition) is 1. The summed E-state index contributed by atoms with van der Waals surface area (Å²) in [7, 11) is 0. The molecular formula is C7H5ClN2O. The van der Waals surface area contributed by atoms with E-state index in [0.717, 1.165) is 5.39 Å². The molecule has 0 amide bonds. The molecule has 0 fully saturated rings. The second-order valence-corrected chi connectivity index (χ2v) is 2.59.